The van der Waals surface area contributed by atoms with Crippen molar-refractivity contribution in [2.75, 3.05) is 24.8 Å². The lowest BCUT2D eigenvalue weighted by atomic mass is 9.68. The number of nitrogens with one attached hydrogen (secondary N) is 1. The standard InChI is InChI=1S/C24H25NO3S/c1-24(2)12-18-23(19(26)13-24)22(14-4-6-15(29-3)7-5-14)16-10-20-21(11-17(16)25-18)28-9-8-27-20/h4-7,10-11,22,25H,8-9,12-13H2,1-3H3/t22-/m0/s1. The van der Waals surface area contributed by atoms with Gasteiger partial charge in [-0.25, -0.2) is 0 Å². The lowest BCUT2D eigenvalue weighted by Crippen LogP contribution is -2.34. The molecule has 0 fully saturated rings. The fourth-order valence-electron chi connectivity index (χ4n) is 4.69. The van der Waals surface area contributed by atoms with Crippen LogP contribution in [0.2, 0.25) is 0 Å². The highest BCUT2D eigenvalue weighted by atomic mass is 32.2. The maximum atomic E-state index is 13.3. The first-order valence-corrected chi connectivity index (χ1v) is 11.3. The molecule has 0 unspecified atom stereocenters. The number of benzene rings is 2. The maximum Gasteiger partial charge on any atom is 0.163 e. The fraction of sp³-hybridized carbons (Fsp3) is 0.375. The van der Waals surface area contributed by atoms with E-state index < -0.39 is 0 Å². The Morgan fingerprint density at radius 2 is 1.72 bits per heavy atom. The molecule has 2 aliphatic heterocycles. The molecule has 5 rings (SSSR count). The van der Waals surface area contributed by atoms with Gasteiger partial charge >= 0.3 is 0 Å². The SMILES string of the molecule is CSc1ccc([C@@H]2C3=C(CC(C)(C)CC3=O)Nc3cc4c(cc32)OCCO4)cc1. The number of carbonyl (C=O) groups excluding carboxylic acids is 1. The zero-order chi connectivity index (χ0) is 20.2. The van der Waals surface area contributed by atoms with Gasteiger partial charge in [-0.05, 0) is 47.4 Å². The summed E-state index contributed by atoms with van der Waals surface area (Å²) in [5.74, 6) is 1.68. The second kappa shape index (κ2) is 6.84. The van der Waals surface area contributed by atoms with E-state index in [1.807, 2.05) is 6.07 Å². The van der Waals surface area contributed by atoms with Gasteiger partial charge in [0.2, 0.25) is 0 Å². The molecule has 0 saturated heterocycles. The first-order valence-electron chi connectivity index (χ1n) is 10.1. The van der Waals surface area contributed by atoms with E-state index >= 15 is 0 Å². The van der Waals surface area contributed by atoms with E-state index in [1.165, 1.54) is 4.90 Å². The Bertz CT molecular complexity index is 1020. The van der Waals surface area contributed by atoms with Crippen molar-refractivity contribution in [2.24, 2.45) is 5.41 Å². The topological polar surface area (TPSA) is 47.6 Å². The molecule has 0 aromatic heterocycles. The zero-order valence-corrected chi connectivity index (χ0v) is 17.8. The summed E-state index contributed by atoms with van der Waals surface area (Å²) in [4.78, 5) is 14.5. The quantitative estimate of drug-likeness (QED) is 0.677. The summed E-state index contributed by atoms with van der Waals surface area (Å²) < 4.78 is 11.7. The normalized spacial score (nSPS) is 21.9. The van der Waals surface area contributed by atoms with Crippen molar-refractivity contribution in [2.45, 2.75) is 37.5 Å². The Labute approximate surface area is 175 Å². The van der Waals surface area contributed by atoms with Crippen LogP contribution in [0.4, 0.5) is 5.69 Å². The fourth-order valence-corrected chi connectivity index (χ4v) is 5.10. The van der Waals surface area contributed by atoms with Crippen molar-refractivity contribution >= 4 is 23.2 Å². The van der Waals surface area contributed by atoms with E-state index in [4.69, 9.17) is 9.47 Å². The largest absolute Gasteiger partial charge is 0.486 e. The van der Waals surface area contributed by atoms with Gasteiger partial charge in [-0.15, -0.1) is 11.8 Å². The molecule has 1 atom stereocenters. The van der Waals surface area contributed by atoms with Crippen molar-refractivity contribution in [3.05, 3.63) is 58.8 Å². The average molecular weight is 408 g/mol. The van der Waals surface area contributed by atoms with Crippen LogP contribution in [0.3, 0.4) is 0 Å². The smallest absolute Gasteiger partial charge is 0.163 e. The minimum absolute atomic E-state index is 0.0402. The number of allylic oxidation sites excluding steroid dienone is 2. The third-order valence-corrected chi connectivity index (χ3v) is 6.71. The molecule has 0 spiro atoms. The molecular formula is C24H25NO3S. The first kappa shape index (κ1) is 18.6. The molecule has 150 valence electrons. The second-order valence-electron chi connectivity index (χ2n) is 8.75. The van der Waals surface area contributed by atoms with E-state index in [9.17, 15) is 4.79 Å². The first-order chi connectivity index (χ1) is 13.9. The summed E-state index contributed by atoms with van der Waals surface area (Å²) in [5.41, 5.74) is 5.15. The van der Waals surface area contributed by atoms with Gasteiger partial charge in [-0.3, -0.25) is 4.79 Å². The highest BCUT2D eigenvalue weighted by Crippen LogP contribution is 2.51. The highest BCUT2D eigenvalue weighted by molar-refractivity contribution is 7.98. The summed E-state index contributed by atoms with van der Waals surface area (Å²) in [6.45, 7) is 5.44. The summed E-state index contributed by atoms with van der Waals surface area (Å²) in [6, 6.07) is 12.7. The molecule has 1 aliphatic carbocycles. The number of thioether (sulfide) groups is 1. The predicted molar refractivity (Wildman–Crippen MR) is 116 cm³/mol. The van der Waals surface area contributed by atoms with E-state index in [0.717, 1.165) is 46.0 Å². The Kier molecular flexibility index (Phi) is 4.39. The molecule has 0 saturated carbocycles. The van der Waals surface area contributed by atoms with E-state index in [1.54, 1.807) is 11.8 Å². The number of hydrogen-bond acceptors (Lipinski definition) is 5. The van der Waals surface area contributed by atoms with E-state index in [0.29, 0.717) is 19.6 Å². The number of anilines is 1. The molecule has 0 amide bonds. The predicted octanol–water partition coefficient (Wildman–Crippen LogP) is 5.38. The number of Topliss-reactive ketones (excluding diaryl/α,β-unsaturated/α-hetero) is 1. The van der Waals surface area contributed by atoms with Gasteiger partial charge in [-0.2, -0.15) is 0 Å². The summed E-state index contributed by atoms with van der Waals surface area (Å²) in [7, 11) is 0. The lowest BCUT2D eigenvalue weighted by molar-refractivity contribution is -0.118. The number of hydrogen-bond donors (Lipinski definition) is 1. The van der Waals surface area contributed by atoms with Crippen molar-refractivity contribution in [1.29, 1.82) is 0 Å². The molecule has 5 heteroatoms. The van der Waals surface area contributed by atoms with Crippen molar-refractivity contribution in [3.63, 3.8) is 0 Å². The van der Waals surface area contributed by atoms with Crippen LogP contribution in [0.5, 0.6) is 11.5 Å². The van der Waals surface area contributed by atoms with Crippen molar-refractivity contribution in [1.82, 2.24) is 0 Å². The summed E-state index contributed by atoms with van der Waals surface area (Å²) in [5, 5.41) is 3.58. The van der Waals surface area contributed by atoms with Crippen LogP contribution in [0, 0.1) is 5.41 Å². The van der Waals surface area contributed by atoms with Gasteiger partial charge in [-0.1, -0.05) is 26.0 Å². The lowest BCUT2D eigenvalue weighted by Gasteiger charge is -2.40. The van der Waals surface area contributed by atoms with E-state index in [-0.39, 0.29) is 17.1 Å². The maximum absolute atomic E-state index is 13.3. The minimum atomic E-state index is -0.0865. The third-order valence-electron chi connectivity index (χ3n) is 5.97. The molecule has 2 aromatic carbocycles. The van der Waals surface area contributed by atoms with Crippen LogP contribution in [0.1, 0.15) is 43.7 Å². The number of rotatable bonds is 2. The molecule has 0 radical (unpaired) electrons. The summed E-state index contributed by atoms with van der Waals surface area (Å²) >= 11 is 1.72. The van der Waals surface area contributed by atoms with Crippen molar-refractivity contribution < 1.29 is 14.3 Å². The molecule has 1 N–H and O–H groups in total. The Balaban J connectivity index is 1.70. The Morgan fingerprint density at radius 3 is 2.41 bits per heavy atom. The van der Waals surface area contributed by atoms with Crippen LogP contribution in [-0.4, -0.2) is 25.3 Å². The number of ether oxygens (including phenoxy) is 2. The molecule has 3 aliphatic rings. The number of fused-ring (bicyclic) bond motifs is 2. The molecule has 2 aromatic rings. The van der Waals surface area contributed by atoms with Gasteiger partial charge in [0.1, 0.15) is 13.2 Å². The molecule has 29 heavy (non-hydrogen) atoms. The van der Waals surface area contributed by atoms with Crippen LogP contribution in [0.25, 0.3) is 0 Å². The average Bonchev–Trinajstić information content (AvgIpc) is 2.70. The van der Waals surface area contributed by atoms with Gasteiger partial charge in [0.05, 0.1) is 0 Å². The number of ketones is 1. The Morgan fingerprint density at radius 1 is 1.03 bits per heavy atom. The van der Waals surface area contributed by atoms with Crippen molar-refractivity contribution in [3.8, 4) is 11.5 Å². The molecular weight excluding hydrogens is 382 g/mol. The number of carbonyl (C=O) groups is 1. The van der Waals surface area contributed by atoms with Gasteiger partial charge in [0, 0.05) is 40.3 Å². The van der Waals surface area contributed by atoms with Gasteiger partial charge in [0.15, 0.2) is 17.3 Å². The van der Waals surface area contributed by atoms with Crippen LogP contribution >= 0.6 is 11.8 Å². The van der Waals surface area contributed by atoms with Crippen LogP contribution in [0.15, 0.2) is 52.6 Å². The molecule has 2 heterocycles. The second-order valence-corrected chi connectivity index (χ2v) is 9.63. The van der Waals surface area contributed by atoms with Crippen LogP contribution < -0.4 is 14.8 Å². The van der Waals surface area contributed by atoms with Gasteiger partial charge in [0.25, 0.3) is 0 Å². The summed E-state index contributed by atoms with van der Waals surface area (Å²) in [6.07, 6.45) is 3.51. The third kappa shape index (κ3) is 3.21. The highest BCUT2D eigenvalue weighted by Gasteiger charge is 2.41. The van der Waals surface area contributed by atoms with Gasteiger partial charge < -0.3 is 14.8 Å². The Hall–Kier alpha value is -2.40. The molecule has 4 nitrogen and oxygen atoms in total. The van der Waals surface area contributed by atoms with E-state index in [2.05, 4.69) is 55.8 Å². The van der Waals surface area contributed by atoms with Crippen LogP contribution in [-0.2, 0) is 4.79 Å². The monoisotopic (exact) mass is 407 g/mol. The molecule has 0 bridgehead atoms. The minimum Gasteiger partial charge on any atom is -0.486 e. The zero-order valence-electron chi connectivity index (χ0n) is 17.0.